The Balaban J connectivity index is 2.08. The molecule has 0 spiro atoms. The van der Waals surface area contributed by atoms with E-state index in [1.807, 2.05) is 11.0 Å². The number of carbonyl (C=O) groups is 1. The molecule has 1 aromatic rings. The van der Waals surface area contributed by atoms with Crippen molar-refractivity contribution in [1.29, 1.82) is 0 Å². The molecule has 0 aromatic carbocycles. The Morgan fingerprint density at radius 3 is 3.18 bits per heavy atom. The molecular weight excluding hydrogens is 288 g/mol. The van der Waals surface area contributed by atoms with Crippen molar-refractivity contribution in [2.45, 2.75) is 12.6 Å². The fourth-order valence-electron chi connectivity index (χ4n) is 1.83. The Bertz CT molecular complexity index is 413. The lowest BCUT2D eigenvalue weighted by Crippen LogP contribution is -2.49. The number of carboxylic acid groups (broad SMARTS) is 1. The van der Waals surface area contributed by atoms with Gasteiger partial charge in [-0.15, -0.1) is 0 Å². The fourth-order valence-corrected chi connectivity index (χ4v) is 2.24. The summed E-state index contributed by atoms with van der Waals surface area (Å²) in [6.07, 6.45) is 3.45. The smallest absolute Gasteiger partial charge is 0.323 e. The van der Waals surface area contributed by atoms with Crippen LogP contribution in [0.5, 0.6) is 0 Å². The minimum absolute atomic E-state index is 0.247. The van der Waals surface area contributed by atoms with Gasteiger partial charge in [-0.1, -0.05) is 0 Å². The summed E-state index contributed by atoms with van der Waals surface area (Å²) in [4.78, 5) is 17.0. The summed E-state index contributed by atoms with van der Waals surface area (Å²) in [6.45, 7) is 2.03. The summed E-state index contributed by atoms with van der Waals surface area (Å²) in [6, 6.07) is 1.38. The third-order valence-corrected chi connectivity index (χ3v) is 3.11. The van der Waals surface area contributed by atoms with E-state index in [4.69, 9.17) is 9.84 Å². The molecule has 2 rings (SSSR count). The average Bonchev–Trinajstić information content (AvgIpc) is 2.29. The normalized spacial score (nSPS) is 21.4. The Hall–Kier alpha value is -0.980. The fraction of sp³-hybridized carbons (Fsp3) is 0.455. The first kappa shape index (κ1) is 12.5. The van der Waals surface area contributed by atoms with Gasteiger partial charge in [0, 0.05) is 30.0 Å². The molecule has 92 valence electrons. The molecule has 0 bridgehead atoms. The molecule has 5 nitrogen and oxygen atoms in total. The molecule has 1 unspecified atom stereocenters. The van der Waals surface area contributed by atoms with Crippen LogP contribution in [0.25, 0.3) is 0 Å². The molecule has 0 amide bonds. The maximum atomic E-state index is 11.1. The van der Waals surface area contributed by atoms with Gasteiger partial charge in [0.25, 0.3) is 0 Å². The Morgan fingerprint density at radius 1 is 1.65 bits per heavy atom. The molecule has 1 aliphatic rings. The van der Waals surface area contributed by atoms with Gasteiger partial charge in [0.1, 0.15) is 6.04 Å². The number of nitrogens with zero attached hydrogens (tertiary/aromatic N) is 2. The van der Waals surface area contributed by atoms with Crippen LogP contribution in [0.15, 0.2) is 22.9 Å². The van der Waals surface area contributed by atoms with Crippen LogP contribution in [0.3, 0.4) is 0 Å². The maximum Gasteiger partial charge on any atom is 0.323 e. The molecular formula is C11H13BrN2O3. The SMILES string of the molecule is O=C(O)C1COCCN1Cc1cncc(Br)c1. The van der Waals surface area contributed by atoms with E-state index in [2.05, 4.69) is 20.9 Å². The Morgan fingerprint density at radius 2 is 2.47 bits per heavy atom. The minimum atomic E-state index is -0.840. The van der Waals surface area contributed by atoms with Crippen molar-refractivity contribution in [1.82, 2.24) is 9.88 Å². The van der Waals surface area contributed by atoms with Crippen LogP contribution in [0.1, 0.15) is 5.56 Å². The van der Waals surface area contributed by atoms with Gasteiger partial charge in [-0.25, -0.2) is 0 Å². The van der Waals surface area contributed by atoms with E-state index in [-0.39, 0.29) is 6.61 Å². The van der Waals surface area contributed by atoms with Crippen molar-refractivity contribution in [2.24, 2.45) is 0 Å². The van der Waals surface area contributed by atoms with Crippen LogP contribution in [0, 0.1) is 0 Å². The largest absolute Gasteiger partial charge is 0.480 e. The van der Waals surface area contributed by atoms with E-state index in [1.54, 1.807) is 12.4 Å². The van der Waals surface area contributed by atoms with E-state index < -0.39 is 12.0 Å². The van der Waals surface area contributed by atoms with Crippen LogP contribution < -0.4 is 0 Å². The number of carboxylic acids is 1. The zero-order valence-corrected chi connectivity index (χ0v) is 10.8. The number of ether oxygens (including phenoxy) is 1. The summed E-state index contributed by atoms with van der Waals surface area (Å²) in [5.41, 5.74) is 0.993. The predicted octanol–water partition coefficient (Wildman–Crippen LogP) is 1.13. The van der Waals surface area contributed by atoms with Gasteiger partial charge in [0.2, 0.25) is 0 Å². The van der Waals surface area contributed by atoms with Gasteiger partial charge in [0.15, 0.2) is 0 Å². The first-order valence-electron chi connectivity index (χ1n) is 5.31. The highest BCUT2D eigenvalue weighted by atomic mass is 79.9. The van der Waals surface area contributed by atoms with E-state index in [9.17, 15) is 4.79 Å². The number of rotatable bonds is 3. The van der Waals surface area contributed by atoms with Crippen molar-refractivity contribution in [3.63, 3.8) is 0 Å². The molecule has 2 heterocycles. The molecule has 0 radical (unpaired) electrons. The summed E-state index contributed by atoms with van der Waals surface area (Å²) >= 11 is 3.35. The summed E-state index contributed by atoms with van der Waals surface area (Å²) < 4.78 is 6.09. The zero-order valence-electron chi connectivity index (χ0n) is 9.17. The first-order valence-corrected chi connectivity index (χ1v) is 6.10. The van der Waals surface area contributed by atoms with E-state index in [0.29, 0.717) is 19.7 Å². The highest BCUT2D eigenvalue weighted by Gasteiger charge is 2.28. The minimum Gasteiger partial charge on any atom is -0.480 e. The Kier molecular flexibility index (Phi) is 4.09. The van der Waals surface area contributed by atoms with Gasteiger partial charge < -0.3 is 9.84 Å². The van der Waals surface area contributed by atoms with E-state index in [0.717, 1.165) is 10.0 Å². The molecule has 1 aliphatic heterocycles. The molecule has 1 saturated heterocycles. The van der Waals surface area contributed by atoms with Crippen molar-refractivity contribution in [3.05, 3.63) is 28.5 Å². The molecule has 6 heteroatoms. The van der Waals surface area contributed by atoms with Gasteiger partial charge >= 0.3 is 5.97 Å². The van der Waals surface area contributed by atoms with E-state index >= 15 is 0 Å². The summed E-state index contributed by atoms with van der Waals surface area (Å²) in [7, 11) is 0. The molecule has 1 N–H and O–H groups in total. The molecule has 1 aromatic heterocycles. The molecule has 0 aliphatic carbocycles. The number of aliphatic carboxylic acids is 1. The van der Waals surface area contributed by atoms with Crippen LogP contribution in [0.2, 0.25) is 0 Å². The Labute approximate surface area is 108 Å². The highest BCUT2D eigenvalue weighted by Crippen LogP contribution is 2.15. The zero-order chi connectivity index (χ0) is 12.3. The number of hydrogen-bond donors (Lipinski definition) is 1. The monoisotopic (exact) mass is 300 g/mol. The second kappa shape index (κ2) is 5.57. The van der Waals surface area contributed by atoms with Gasteiger partial charge in [0.05, 0.1) is 13.2 Å². The van der Waals surface area contributed by atoms with Gasteiger partial charge in [-0.2, -0.15) is 0 Å². The quantitative estimate of drug-likeness (QED) is 0.907. The molecule has 17 heavy (non-hydrogen) atoms. The summed E-state index contributed by atoms with van der Waals surface area (Å²) in [5, 5.41) is 9.09. The van der Waals surface area contributed by atoms with Crippen LogP contribution in [-0.4, -0.2) is 46.8 Å². The highest BCUT2D eigenvalue weighted by molar-refractivity contribution is 9.10. The third-order valence-electron chi connectivity index (χ3n) is 2.67. The maximum absolute atomic E-state index is 11.1. The van der Waals surface area contributed by atoms with Crippen molar-refractivity contribution >= 4 is 21.9 Å². The van der Waals surface area contributed by atoms with Crippen molar-refractivity contribution in [3.8, 4) is 0 Å². The lowest BCUT2D eigenvalue weighted by atomic mass is 10.2. The lowest BCUT2D eigenvalue weighted by molar-refractivity contribution is -0.150. The number of morpholine rings is 1. The van der Waals surface area contributed by atoms with Crippen molar-refractivity contribution in [2.75, 3.05) is 19.8 Å². The predicted molar refractivity (Wildman–Crippen MR) is 64.6 cm³/mol. The second-order valence-corrected chi connectivity index (χ2v) is 4.83. The van der Waals surface area contributed by atoms with Crippen molar-refractivity contribution < 1.29 is 14.6 Å². The standard InChI is InChI=1S/C11H13BrN2O3/c12-9-3-8(4-13-5-9)6-14-1-2-17-7-10(14)11(15)16/h3-5,10H,1-2,6-7H2,(H,15,16). The number of pyridine rings is 1. The topological polar surface area (TPSA) is 62.7 Å². The van der Waals surface area contributed by atoms with E-state index in [1.165, 1.54) is 0 Å². The second-order valence-electron chi connectivity index (χ2n) is 3.91. The number of aromatic nitrogens is 1. The van der Waals surface area contributed by atoms with Gasteiger partial charge in [-0.05, 0) is 27.6 Å². The van der Waals surface area contributed by atoms with Gasteiger partial charge in [-0.3, -0.25) is 14.7 Å². The lowest BCUT2D eigenvalue weighted by Gasteiger charge is -2.32. The number of hydrogen-bond acceptors (Lipinski definition) is 4. The van der Waals surface area contributed by atoms with Crippen LogP contribution in [0.4, 0.5) is 0 Å². The molecule has 0 saturated carbocycles. The van der Waals surface area contributed by atoms with Crippen LogP contribution >= 0.6 is 15.9 Å². The summed E-state index contributed by atoms with van der Waals surface area (Å²) in [5.74, 6) is -0.840. The number of halogens is 1. The first-order chi connectivity index (χ1) is 8.16. The average molecular weight is 301 g/mol. The molecule has 1 fully saturated rings. The molecule has 1 atom stereocenters. The third kappa shape index (κ3) is 3.24. The van der Waals surface area contributed by atoms with Crippen LogP contribution in [-0.2, 0) is 16.1 Å².